The maximum Gasteiger partial charge on any atom is 0.248 e. The highest BCUT2D eigenvalue weighted by molar-refractivity contribution is 6.13. The number of nitrogens with zero attached hydrogens (tertiary/aromatic N) is 2. The number of likely N-dealkylation sites (N-methyl/N-ethyl adjacent to an activating group) is 1. The van der Waals surface area contributed by atoms with E-state index in [0.717, 1.165) is 12.8 Å². The van der Waals surface area contributed by atoms with Gasteiger partial charge in [-0.3, -0.25) is 19.4 Å². The second kappa shape index (κ2) is 8.78. The van der Waals surface area contributed by atoms with Crippen molar-refractivity contribution in [1.29, 1.82) is 0 Å². The number of primary amides is 1. The Morgan fingerprint density at radius 2 is 1.90 bits per heavy atom. The quantitative estimate of drug-likeness (QED) is 0.457. The number of benzene rings is 1. The molecule has 3 aliphatic carbocycles. The molecule has 10 heteroatoms. The van der Waals surface area contributed by atoms with Crippen molar-refractivity contribution in [2.75, 3.05) is 20.7 Å². The number of aliphatic hydroxyl groups excluding tert-OH is 2. The molecule has 1 aromatic carbocycles. The average Bonchev–Trinajstić information content (AvgIpc) is 3.15. The first-order valence-electron chi connectivity index (χ1n) is 13.7. The first kappa shape index (κ1) is 26.3. The van der Waals surface area contributed by atoms with E-state index in [1.165, 1.54) is 6.07 Å². The van der Waals surface area contributed by atoms with Gasteiger partial charge in [0.25, 0.3) is 0 Å². The summed E-state index contributed by atoms with van der Waals surface area (Å²) >= 11 is 0. The molecule has 6 rings (SSSR count). The van der Waals surface area contributed by atoms with Crippen molar-refractivity contribution in [3.63, 3.8) is 0 Å². The number of carbonyl (C=O) groups is 2. The van der Waals surface area contributed by atoms with E-state index in [0.29, 0.717) is 18.5 Å². The minimum absolute atomic E-state index is 0.00522. The van der Waals surface area contributed by atoms with Gasteiger partial charge in [0.2, 0.25) is 5.91 Å². The Bertz CT molecular complexity index is 1340. The largest absolute Gasteiger partial charge is 0.510 e. The summed E-state index contributed by atoms with van der Waals surface area (Å²) in [4.78, 5) is 30.2. The second-order valence-electron chi connectivity index (χ2n) is 12.2. The number of carbonyl (C=O) groups excluding carboxylic acids is 2. The van der Waals surface area contributed by atoms with Gasteiger partial charge in [0, 0.05) is 41.2 Å². The number of halogens is 1. The van der Waals surface area contributed by atoms with Gasteiger partial charge in [-0.2, -0.15) is 0 Å². The number of fused-ring (bicyclic) bond motifs is 2. The van der Waals surface area contributed by atoms with E-state index in [9.17, 15) is 24.9 Å². The Balaban J connectivity index is 1.46. The van der Waals surface area contributed by atoms with Crippen molar-refractivity contribution in [1.82, 2.24) is 9.80 Å². The van der Waals surface area contributed by atoms with Crippen molar-refractivity contribution in [2.24, 2.45) is 23.5 Å². The molecule has 0 aromatic heterocycles. The van der Waals surface area contributed by atoms with Crippen LogP contribution in [0, 0.1) is 23.6 Å². The van der Waals surface area contributed by atoms with Crippen LogP contribution < -0.4 is 5.73 Å². The highest BCUT2D eigenvalue weighted by Gasteiger charge is 2.68. The van der Waals surface area contributed by atoms with E-state index in [1.54, 1.807) is 19.0 Å². The molecular weight excluding hydrogens is 505 g/mol. The van der Waals surface area contributed by atoms with E-state index in [2.05, 4.69) is 18.7 Å². The molecule has 39 heavy (non-hydrogen) atoms. The molecule has 5 N–H and O–H groups in total. The van der Waals surface area contributed by atoms with Crippen LogP contribution in [0.3, 0.4) is 0 Å². The van der Waals surface area contributed by atoms with Crippen molar-refractivity contribution in [3.05, 3.63) is 51.2 Å². The Labute approximate surface area is 226 Å². The summed E-state index contributed by atoms with van der Waals surface area (Å²) in [5, 5.41) is 33.8. The number of phenols is 1. The lowest BCUT2D eigenvalue weighted by Crippen LogP contribution is -2.70. The molecule has 9 nitrogen and oxygen atoms in total. The molecule has 5 aliphatic rings. The molecule has 3 unspecified atom stereocenters. The molecule has 2 aliphatic heterocycles. The summed E-state index contributed by atoms with van der Waals surface area (Å²) < 4.78 is 22.1. The molecule has 0 bridgehead atoms. The summed E-state index contributed by atoms with van der Waals surface area (Å²) in [5.74, 6) is -4.47. The summed E-state index contributed by atoms with van der Waals surface area (Å²) in [7, 11) is 3.49. The third kappa shape index (κ3) is 3.40. The number of rotatable bonds is 4. The number of ketones is 1. The zero-order valence-corrected chi connectivity index (χ0v) is 22.7. The number of phenolic OH excluding ortho intramolecular Hbond substituents is 1. The van der Waals surface area contributed by atoms with Crippen LogP contribution in [0.1, 0.15) is 54.6 Å². The average molecular weight is 542 g/mol. The normalized spacial score (nSPS) is 35.9. The standard InChI is InChI=1S/C29H36FN3O6/c1-12-5-6-13(2)33(12)10-15-9-19(34)21-16(23(15)30)7-14-8-17-24(32(3)4)26(36)22(28(31)38)18-11-39-29(17,18)27(37)20(14)25(21)35/h9,12-14,17-18,24,34,36-37H,5-8,10-11H2,1-4H3,(H2,31,38)/t12?,13?,14-,17-,18?,24-,29+/m0/s1. The minimum Gasteiger partial charge on any atom is -0.510 e. The van der Waals surface area contributed by atoms with E-state index in [-0.39, 0.29) is 64.7 Å². The predicted molar refractivity (Wildman–Crippen MR) is 140 cm³/mol. The summed E-state index contributed by atoms with van der Waals surface area (Å²) in [6.07, 6.45) is 2.46. The van der Waals surface area contributed by atoms with Gasteiger partial charge >= 0.3 is 0 Å². The number of allylic oxidation sites excluding steroid dienone is 1. The Kier molecular flexibility index (Phi) is 5.91. The number of nitrogens with two attached hydrogens (primary N) is 1. The fourth-order valence-corrected chi connectivity index (χ4v) is 8.15. The highest BCUT2D eigenvalue weighted by atomic mass is 19.1. The maximum absolute atomic E-state index is 16.1. The molecule has 2 saturated heterocycles. The first-order chi connectivity index (χ1) is 18.4. The molecule has 2 fully saturated rings. The van der Waals surface area contributed by atoms with E-state index in [1.807, 2.05) is 0 Å². The number of likely N-dealkylation sites (tertiary alicyclic amines) is 1. The highest BCUT2D eigenvalue weighted by Crippen LogP contribution is 2.61. The van der Waals surface area contributed by atoms with Crippen LogP contribution in [0.25, 0.3) is 0 Å². The van der Waals surface area contributed by atoms with Crippen LogP contribution >= 0.6 is 0 Å². The lowest BCUT2D eigenvalue weighted by Gasteiger charge is -2.61. The number of ether oxygens (including phenoxy) is 1. The van der Waals surface area contributed by atoms with E-state index < -0.39 is 46.9 Å². The molecule has 1 aromatic rings. The lowest BCUT2D eigenvalue weighted by molar-refractivity contribution is -0.238. The van der Waals surface area contributed by atoms with Gasteiger partial charge in [0.05, 0.1) is 29.7 Å². The molecule has 0 saturated carbocycles. The van der Waals surface area contributed by atoms with Crippen LogP contribution in [0.4, 0.5) is 4.39 Å². The number of aromatic hydroxyl groups is 1. The van der Waals surface area contributed by atoms with Crippen molar-refractivity contribution in [2.45, 2.75) is 69.8 Å². The minimum atomic E-state index is -1.40. The van der Waals surface area contributed by atoms with Gasteiger partial charge in [-0.1, -0.05) is 0 Å². The van der Waals surface area contributed by atoms with Crippen molar-refractivity contribution < 1.29 is 34.0 Å². The fourth-order valence-electron chi connectivity index (χ4n) is 8.15. The van der Waals surface area contributed by atoms with Crippen LogP contribution in [0.2, 0.25) is 0 Å². The molecule has 210 valence electrons. The molecule has 7 atom stereocenters. The predicted octanol–water partition coefficient (Wildman–Crippen LogP) is 2.72. The zero-order valence-electron chi connectivity index (χ0n) is 22.7. The number of amides is 1. The van der Waals surface area contributed by atoms with Gasteiger partial charge in [-0.25, -0.2) is 4.39 Å². The third-order valence-electron chi connectivity index (χ3n) is 10.1. The first-order valence-corrected chi connectivity index (χ1v) is 13.7. The molecule has 2 heterocycles. The summed E-state index contributed by atoms with van der Waals surface area (Å²) in [6.45, 7) is 4.60. The van der Waals surface area contributed by atoms with Crippen LogP contribution in [0.15, 0.2) is 28.7 Å². The fraction of sp³-hybridized carbons (Fsp3) is 0.586. The summed E-state index contributed by atoms with van der Waals surface area (Å²) in [5.41, 5.74) is 4.70. The number of hydrogen-bond donors (Lipinski definition) is 4. The molecule has 1 amide bonds. The van der Waals surface area contributed by atoms with Crippen LogP contribution in [0.5, 0.6) is 5.75 Å². The number of Topliss-reactive ketones (excluding diaryl/α,β-unsaturated/α-hetero) is 1. The van der Waals surface area contributed by atoms with Gasteiger partial charge in [0.1, 0.15) is 28.7 Å². The van der Waals surface area contributed by atoms with Crippen LogP contribution in [-0.4, -0.2) is 81.2 Å². The van der Waals surface area contributed by atoms with Crippen molar-refractivity contribution in [3.8, 4) is 5.75 Å². The topological polar surface area (TPSA) is 137 Å². The van der Waals surface area contributed by atoms with Gasteiger partial charge < -0.3 is 25.8 Å². The maximum atomic E-state index is 16.1. The Morgan fingerprint density at radius 1 is 1.23 bits per heavy atom. The van der Waals surface area contributed by atoms with E-state index >= 15 is 4.39 Å². The monoisotopic (exact) mass is 541 g/mol. The Morgan fingerprint density at radius 3 is 2.46 bits per heavy atom. The second-order valence-corrected chi connectivity index (χ2v) is 12.2. The summed E-state index contributed by atoms with van der Waals surface area (Å²) in [6, 6.07) is 1.21. The smallest absolute Gasteiger partial charge is 0.248 e. The SMILES string of the molecule is CC1CCC(C)N1Cc1cc(O)c2c(c1F)C[C@H]1C[C@H]3[C@H](N(C)C)C(O)=C(C(N)=O)C4CO[C@@]43C(O)=C1C2=O. The molecule has 1 spiro atoms. The lowest BCUT2D eigenvalue weighted by atomic mass is 9.53. The Hall–Kier alpha value is -2.95. The third-order valence-corrected chi connectivity index (χ3v) is 10.1. The van der Waals surface area contributed by atoms with Crippen molar-refractivity contribution >= 4 is 11.7 Å². The number of aliphatic hydroxyl groups is 2. The van der Waals surface area contributed by atoms with Gasteiger partial charge in [-0.05, 0) is 65.6 Å². The molecule has 0 radical (unpaired) electrons. The zero-order chi connectivity index (χ0) is 28.1. The van der Waals surface area contributed by atoms with E-state index in [4.69, 9.17) is 10.5 Å². The number of hydrogen-bond acceptors (Lipinski definition) is 8. The van der Waals surface area contributed by atoms with Gasteiger partial charge in [0.15, 0.2) is 5.78 Å². The van der Waals surface area contributed by atoms with Crippen LogP contribution in [-0.2, 0) is 22.5 Å². The van der Waals surface area contributed by atoms with Gasteiger partial charge in [-0.15, -0.1) is 0 Å². The molecular formula is C29H36FN3O6.